The smallest absolute Gasteiger partial charge is 0.181 e. The van der Waals surface area contributed by atoms with Crippen molar-refractivity contribution in [1.29, 1.82) is 0 Å². The maximum atomic E-state index is 5.06. The molecule has 2 rings (SSSR count). The zero-order valence-electron chi connectivity index (χ0n) is 5.04. The molecule has 2 aromatic rings. The van der Waals surface area contributed by atoms with Crippen LogP contribution in [0.5, 0.6) is 0 Å². The highest BCUT2D eigenvalue weighted by atomic mass is 79.9. The molecule has 50 valence electrons. The number of aromatic nitrogens is 1. The minimum absolute atomic E-state index is 0.814. The normalized spacial score (nSPS) is 10.5. The lowest BCUT2D eigenvalue weighted by Crippen LogP contribution is -1.65. The van der Waals surface area contributed by atoms with Crippen molar-refractivity contribution in [3.8, 4) is 0 Å². The van der Waals surface area contributed by atoms with Gasteiger partial charge in [0.1, 0.15) is 5.52 Å². The Labute approximate surface area is 66.0 Å². The van der Waals surface area contributed by atoms with E-state index in [1.54, 1.807) is 0 Å². The third-order valence-corrected chi connectivity index (χ3v) is 1.79. The molecule has 1 aromatic carbocycles. The van der Waals surface area contributed by atoms with E-state index in [1.807, 2.05) is 18.2 Å². The van der Waals surface area contributed by atoms with Crippen molar-refractivity contribution >= 4 is 27.0 Å². The Balaban J connectivity index is 2.86. The quantitative estimate of drug-likeness (QED) is 0.650. The Morgan fingerprint density at radius 2 is 2.30 bits per heavy atom. The fraction of sp³-hybridized carbons (Fsp3) is 0. The molecular formula is C7H4BrNO. The summed E-state index contributed by atoms with van der Waals surface area (Å²) in [5.74, 6) is 0. The van der Waals surface area contributed by atoms with Crippen LogP contribution in [0, 0.1) is 0 Å². The van der Waals surface area contributed by atoms with Gasteiger partial charge in [-0.05, 0) is 18.2 Å². The molecule has 0 fully saturated rings. The van der Waals surface area contributed by atoms with Gasteiger partial charge in [-0.3, -0.25) is 0 Å². The third-order valence-electron chi connectivity index (χ3n) is 1.29. The lowest BCUT2D eigenvalue weighted by molar-refractivity contribution is 0.602. The molecule has 3 heteroatoms. The topological polar surface area (TPSA) is 26.0 Å². The molecule has 1 heterocycles. The van der Waals surface area contributed by atoms with Crippen molar-refractivity contribution in [1.82, 2.24) is 4.98 Å². The molecule has 0 unspecified atom stereocenters. The van der Waals surface area contributed by atoms with Gasteiger partial charge >= 0.3 is 0 Å². The molecular weight excluding hydrogens is 194 g/mol. The molecule has 0 radical (unpaired) electrons. The number of benzene rings is 1. The Morgan fingerprint density at radius 1 is 1.40 bits per heavy atom. The molecule has 0 N–H and O–H groups in total. The summed E-state index contributed by atoms with van der Waals surface area (Å²) in [5, 5.41) is 0. The van der Waals surface area contributed by atoms with Crippen molar-refractivity contribution in [3.05, 3.63) is 29.1 Å². The molecule has 2 nitrogen and oxygen atoms in total. The van der Waals surface area contributed by atoms with E-state index in [0.29, 0.717) is 0 Å². The largest absolute Gasteiger partial charge is 0.443 e. The van der Waals surface area contributed by atoms with E-state index in [1.165, 1.54) is 6.39 Å². The molecule has 0 saturated heterocycles. The monoisotopic (exact) mass is 197 g/mol. The number of hydrogen-bond acceptors (Lipinski definition) is 2. The second-order valence-corrected chi connectivity index (χ2v) is 2.88. The Kier molecular flexibility index (Phi) is 1.24. The van der Waals surface area contributed by atoms with Gasteiger partial charge in [0.15, 0.2) is 12.0 Å². The SMILES string of the molecule is Brc1ccc2ncoc2c1. The van der Waals surface area contributed by atoms with Gasteiger partial charge in [0, 0.05) is 4.47 Å². The van der Waals surface area contributed by atoms with Crippen molar-refractivity contribution in [3.63, 3.8) is 0 Å². The fourth-order valence-electron chi connectivity index (χ4n) is 0.829. The first-order valence-corrected chi connectivity index (χ1v) is 3.64. The Hall–Kier alpha value is -0.830. The van der Waals surface area contributed by atoms with Gasteiger partial charge in [0.2, 0.25) is 0 Å². The molecule has 0 aliphatic heterocycles. The first-order valence-electron chi connectivity index (χ1n) is 2.85. The lowest BCUT2D eigenvalue weighted by atomic mass is 10.3. The van der Waals surface area contributed by atoms with Crippen LogP contribution in [-0.4, -0.2) is 4.98 Å². The van der Waals surface area contributed by atoms with Crippen LogP contribution in [-0.2, 0) is 0 Å². The zero-order chi connectivity index (χ0) is 6.97. The molecule has 0 amide bonds. The van der Waals surface area contributed by atoms with Crippen LogP contribution in [0.1, 0.15) is 0 Å². The number of rotatable bonds is 0. The molecule has 10 heavy (non-hydrogen) atoms. The first-order chi connectivity index (χ1) is 4.86. The predicted octanol–water partition coefficient (Wildman–Crippen LogP) is 2.59. The summed E-state index contributed by atoms with van der Waals surface area (Å²) in [6, 6.07) is 5.73. The zero-order valence-corrected chi connectivity index (χ0v) is 6.63. The standard InChI is InChI=1S/C7H4BrNO/c8-5-1-2-6-7(3-5)10-4-9-6/h1-4H. The van der Waals surface area contributed by atoms with Crippen LogP contribution in [0.25, 0.3) is 11.1 Å². The van der Waals surface area contributed by atoms with Gasteiger partial charge in [-0.2, -0.15) is 0 Å². The second kappa shape index (κ2) is 2.09. The number of fused-ring (bicyclic) bond motifs is 1. The first kappa shape index (κ1) is 5.92. The van der Waals surface area contributed by atoms with Crippen molar-refractivity contribution < 1.29 is 4.42 Å². The summed E-state index contributed by atoms with van der Waals surface area (Å²) in [6.45, 7) is 0. The Bertz CT molecular complexity index is 355. The summed E-state index contributed by atoms with van der Waals surface area (Å²) < 4.78 is 6.07. The van der Waals surface area contributed by atoms with Gasteiger partial charge in [-0.1, -0.05) is 15.9 Å². The van der Waals surface area contributed by atoms with Crippen LogP contribution >= 0.6 is 15.9 Å². The summed E-state index contributed by atoms with van der Waals surface area (Å²) in [6.07, 6.45) is 1.44. The highest BCUT2D eigenvalue weighted by molar-refractivity contribution is 9.10. The minimum atomic E-state index is 0.814. The number of nitrogens with zero attached hydrogens (tertiary/aromatic N) is 1. The van der Waals surface area contributed by atoms with E-state index in [-0.39, 0.29) is 0 Å². The molecule has 1 aromatic heterocycles. The van der Waals surface area contributed by atoms with E-state index >= 15 is 0 Å². The van der Waals surface area contributed by atoms with Gasteiger partial charge in [-0.25, -0.2) is 4.98 Å². The lowest BCUT2D eigenvalue weighted by Gasteiger charge is -1.85. The van der Waals surface area contributed by atoms with Crippen molar-refractivity contribution in [2.75, 3.05) is 0 Å². The number of oxazole rings is 1. The minimum Gasteiger partial charge on any atom is -0.443 e. The molecule has 0 aliphatic rings. The van der Waals surface area contributed by atoms with Crippen LogP contribution < -0.4 is 0 Å². The van der Waals surface area contributed by atoms with Crippen LogP contribution in [0.2, 0.25) is 0 Å². The average Bonchev–Trinajstić information content (AvgIpc) is 2.33. The highest BCUT2D eigenvalue weighted by Crippen LogP contribution is 2.17. The maximum absolute atomic E-state index is 5.06. The third kappa shape index (κ3) is 0.827. The van der Waals surface area contributed by atoms with E-state index in [4.69, 9.17) is 4.42 Å². The average molecular weight is 198 g/mol. The predicted molar refractivity (Wildman–Crippen MR) is 41.7 cm³/mol. The van der Waals surface area contributed by atoms with Crippen molar-refractivity contribution in [2.24, 2.45) is 0 Å². The van der Waals surface area contributed by atoms with E-state index in [9.17, 15) is 0 Å². The van der Waals surface area contributed by atoms with E-state index < -0.39 is 0 Å². The second-order valence-electron chi connectivity index (χ2n) is 1.96. The van der Waals surface area contributed by atoms with Crippen LogP contribution in [0.15, 0.2) is 33.5 Å². The van der Waals surface area contributed by atoms with Gasteiger partial charge in [-0.15, -0.1) is 0 Å². The molecule has 0 aliphatic carbocycles. The van der Waals surface area contributed by atoms with Crippen LogP contribution in [0.4, 0.5) is 0 Å². The molecule has 0 atom stereocenters. The Morgan fingerprint density at radius 3 is 3.20 bits per heavy atom. The van der Waals surface area contributed by atoms with E-state index in [2.05, 4.69) is 20.9 Å². The van der Waals surface area contributed by atoms with Gasteiger partial charge in [0.05, 0.1) is 0 Å². The van der Waals surface area contributed by atoms with Crippen LogP contribution in [0.3, 0.4) is 0 Å². The van der Waals surface area contributed by atoms with Gasteiger partial charge < -0.3 is 4.42 Å². The van der Waals surface area contributed by atoms with E-state index in [0.717, 1.165) is 15.6 Å². The summed E-state index contributed by atoms with van der Waals surface area (Å²) in [5.41, 5.74) is 1.71. The fourth-order valence-corrected chi connectivity index (χ4v) is 1.17. The summed E-state index contributed by atoms with van der Waals surface area (Å²) >= 11 is 3.33. The summed E-state index contributed by atoms with van der Waals surface area (Å²) in [4.78, 5) is 3.97. The summed E-state index contributed by atoms with van der Waals surface area (Å²) in [7, 11) is 0. The van der Waals surface area contributed by atoms with Crippen molar-refractivity contribution in [2.45, 2.75) is 0 Å². The molecule has 0 spiro atoms. The van der Waals surface area contributed by atoms with Gasteiger partial charge in [0.25, 0.3) is 0 Å². The number of halogens is 1. The molecule has 0 saturated carbocycles. The number of hydrogen-bond donors (Lipinski definition) is 0. The maximum Gasteiger partial charge on any atom is 0.181 e. The highest BCUT2D eigenvalue weighted by Gasteiger charge is 1.96. The molecule has 0 bridgehead atoms.